The average molecular weight is 372 g/mol. The van der Waals surface area contributed by atoms with Crippen molar-refractivity contribution in [3.63, 3.8) is 0 Å². The van der Waals surface area contributed by atoms with Gasteiger partial charge in [-0.3, -0.25) is 13.6 Å². The Morgan fingerprint density at radius 2 is 1.28 bits per heavy atom. The van der Waals surface area contributed by atoms with E-state index in [1.165, 1.54) is 0 Å². The summed E-state index contributed by atoms with van der Waals surface area (Å²) in [4.78, 5) is 0. The summed E-state index contributed by atoms with van der Waals surface area (Å²) in [7, 11) is -3.77. The lowest BCUT2D eigenvalue weighted by Crippen LogP contribution is -2.52. The van der Waals surface area contributed by atoms with Crippen LogP contribution in [0.3, 0.4) is 0 Å². The molecule has 0 aliphatic carbocycles. The van der Waals surface area contributed by atoms with Gasteiger partial charge in [0.25, 0.3) is 0 Å². The third-order valence-electron chi connectivity index (χ3n) is 4.21. The van der Waals surface area contributed by atoms with E-state index in [4.69, 9.17) is 13.6 Å². The Morgan fingerprint density at radius 3 is 1.60 bits per heavy atom. The average Bonchev–Trinajstić information content (AvgIpc) is 2.44. The standard InChI is InChI=1S/C19H33O5P/c1-9-22-25(21,23-10-2)24-19(17(3,4)5,18(6,7)8)15-11-13-16(20)14-12-15/h11-14,20H,9-10H2,1-8H3. The van der Waals surface area contributed by atoms with Crippen molar-refractivity contribution in [3.05, 3.63) is 29.8 Å². The normalized spacial score (nSPS) is 13.9. The van der Waals surface area contributed by atoms with Gasteiger partial charge < -0.3 is 5.11 Å². The Balaban J connectivity index is 3.66. The second kappa shape index (κ2) is 7.79. The molecule has 0 aliphatic rings. The molecule has 0 heterocycles. The van der Waals surface area contributed by atoms with Crippen molar-refractivity contribution in [2.75, 3.05) is 13.2 Å². The van der Waals surface area contributed by atoms with Crippen molar-refractivity contribution in [3.8, 4) is 5.75 Å². The van der Waals surface area contributed by atoms with Crippen LogP contribution in [0.2, 0.25) is 0 Å². The molecule has 0 amide bonds. The van der Waals surface area contributed by atoms with Gasteiger partial charge in [0.1, 0.15) is 11.4 Å². The maximum Gasteiger partial charge on any atom is 0.475 e. The van der Waals surface area contributed by atoms with Crippen LogP contribution in [0.4, 0.5) is 0 Å². The third kappa shape index (κ3) is 4.65. The number of phenols is 1. The highest BCUT2D eigenvalue weighted by atomic mass is 31.2. The quantitative estimate of drug-likeness (QED) is 0.606. The minimum atomic E-state index is -3.77. The van der Waals surface area contributed by atoms with Crippen LogP contribution >= 0.6 is 7.82 Å². The fourth-order valence-electron chi connectivity index (χ4n) is 3.59. The third-order valence-corrected chi connectivity index (χ3v) is 5.86. The van der Waals surface area contributed by atoms with Gasteiger partial charge in [-0.15, -0.1) is 0 Å². The highest BCUT2D eigenvalue weighted by Gasteiger charge is 2.57. The second-order valence-corrected chi connectivity index (χ2v) is 9.70. The molecule has 0 unspecified atom stereocenters. The minimum absolute atomic E-state index is 0.165. The fourth-order valence-corrected chi connectivity index (χ4v) is 5.39. The molecule has 0 spiro atoms. The SMILES string of the molecule is CCOP(=O)(OCC)OC(c1ccc(O)cc1)(C(C)(C)C)C(C)(C)C. The number of phosphoric acid groups is 1. The Kier molecular flexibility index (Phi) is 6.91. The molecule has 25 heavy (non-hydrogen) atoms. The summed E-state index contributed by atoms with van der Waals surface area (Å²) in [6, 6.07) is 6.82. The van der Waals surface area contributed by atoms with E-state index in [0.29, 0.717) is 0 Å². The van der Waals surface area contributed by atoms with Gasteiger partial charge in [0.2, 0.25) is 0 Å². The van der Waals surface area contributed by atoms with Crippen molar-refractivity contribution in [2.24, 2.45) is 10.8 Å². The molecule has 0 saturated heterocycles. The summed E-state index contributed by atoms with van der Waals surface area (Å²) in [5.74, 6) is 0.165. The van der Waals surface area contributed by atoms with Crippen LogP contribution in [-0.4, -0.2) is 18.3 Å². The molecule has 0 saturated carbocycles. The summed E-state index contributed by atoms with van der Waals surface area (Å²) < 4.78 is 30.4. The van der Waals surface area contributed by atoms with Gasteiger partial charge in [0.15, 0.2) is 0 Å². The maximum atomic E-state index is 13.2. The number of aromatic hydroxyl groups is 1. The van der Waals surface area contributed by atoms with Crippen LogP contribution in [-0.2, 0) is 23.7 Å². The molecule has 1 rings (SSSR count). The first kappa shape index (κ1) is 22.2. The van der Waals surface area contributed by atoms with E-state index in [0.717, 1.165) is 5.56 Å². The van der Waals surface area contributed by atoms with Gasteiger partial charge in [0.05, 0.1) is 13.2 Å². The van der Waals surface area contributed by atoms with E-state index in [1.807, 2.05) is 41.5 Å². The molecule has 0 atom stereocenters. The van der Waals surface area contributed by atoms with Gasteiger partial charge in [0, 0.05) is 0 Å². The van der Waals surface area contributed by atoms with Gasteiger partial charge in [-0.1, -0.05) is 53.7 Å². The fraction of sp³-hybridized carbons (Fsp3) is 0.684. The molecule has 0 fully saturated rings. The smallest absolute Gasteiger partial charge is 0.475 e. The Bertz CT molecular complexity index is 572. The van der Waals surface area contributed by atoms with Crippen LogP contribution in [0.5, 0.6) is 5.75 Å². The first-order valence-electron chi connectivity index (χ1n) is 8.72. The summed E-state index contributed by atoms with van der Waals surface area (Å²) >= 11 is 0. The van der Waals surface area contributed by atoms with Gasteiger partial charge in [-0.05, 0) is 42.4 Å². The van der Waals surface area contributed by atoms with E-state index < -0.39 is 24.3 Å². The van der Waals surface area contributed by atoms with Crippen LogP contribution in [0.1, 0.15) is 61.0 Å². The Hall–Kier alpha value is -0.870. The van der Waals surface area contributed by atoms with Crippen LogP contribution < -0.4 is 0 Å². The van der Waals surface area contributed by atoms with Crippen molar-refractivity contribution in [1.82, 2.24) is 0 Å². The molecule has 0 bridgehead atoms. The number of rotatable bonds is 7. The van der Waals surface area contributed by atoms with Crippen LogP contribution in [0, 0.1) is 10.8 Å². The zero-order chi connectivity index (χ0) is 19.5. The predicted octanol–water partition coefficient (Wildman–Crippen LogP) is 5.88. The molecule has 1 aromatic rings. The van der Waals surface area contributed by atoms with Crippen molar-refractivity contribution >= 4 is 7.82 Å². The molecule has 5 nitrogen and oxygen atoms in total. The first-order chi connectivity index (χ1) is 11.3. The van der Waals surface area contributed by atoms with Gasteiger partial charge >= 0.3 is 7.82 Å². The minimum Gasteiger partial charge on any atom is -0.508 e. The molecule has 0 aromatic heterocycles. The maximum absolute atomic E-state index is 13.2. The molecule has 6 heteroatoms. The molecule has 0 radical (unpaired) electrons. The summed E-state index contributed by atoms with van der Waals surface area (Å²) in [5, 5.41) is 9.68. The number of hydrogen-bond donors (Lipinski definition) is 1. The molecule has 1 aromatic carbocycles. The van der Waals surface area contributed by atoms with Crippen molar-refractivity contribution < 1.29 is 23.2 Å². The van der Waals surface area contributed by atoms with Crippen LogP contribution in [0.15, 0.2) is 24.3 Å². The molecule has 0 aliphatic heterocycles. The van der Waals surface area contributed by atoms with E-state index in [1.54, 1.807) is 38.1 Å². The highest BCUT2D eigenvalue weighted by molar-refractivity contribution is 7.48. The number of phenolic OH excluding ortho intramolecular Hbond substituents is 1. The number of benzene rings is 1. The zero-order valence-corrected chi connectivity index (χ0v) is 17.6. The van der Waals surface area contributed by atoms with Crippen LogP contribution in [0.25, 0.3) is 0 Å². The van der Waals surface area contributed by atoms with Gasteiger partial charge in [-0.2, -0.15) is 0 Å². The molecular weight excluding hydrogens is 339 g/mol. The lowest BCUT2D eigenvalue weighted by molar-refractivity contribution is -0.140. The zero-order valence-electron chi connectivity index (χ0n) is 16.8. The predicted molar refractivity (Wildman–Crippen MR) is 101 cm³/mol. The van der Waals surface area contributed by atoms with E-state index in [9.17, 15) is 9.67 Å². The van der Waals surface area contributed by atoms with Crippen molar-refractivity contribution in [1.29, 1.82) is 0 Å². The lowest BCUT2D eigenvalue weighted by Gasteiger charge is -2.53. The first-order valence-corrected chi connectivity index (χ1v) is 10.2. The van der Waals surface area contributed by atoms with E-state index in [-0.39, 0.29) is 19.0 Å². The Labute approximate surface area is 152 Å². The number of hydrogen-bond acceptors (Lipinski definition) is 5. The summed E-state index contributed by atoms with van der Waals surface area (Å²) in [6.45, 7) is 16.2. The molecular formula is C19H33O5P. The molecule has 1 N–H and O–H groups in total. The number of phosphoric ester groups is 1. The Morgan fingerprint density at radius 1 is 0.880 bits per heavy atom. The van der Waals surface area contributed by atoms with E-state index >= 15 is 0 Å². The van der Waals surface area contributed by atoms with Gasteiger partial charge in [-0.25, -0.2) is 4.57 Å². The largest absolute Gasteiger partial charge is 0.508 e. The van der Waals surface area contributed by atoms with E-state index in [2.05, 4.69) is 0 Å². The topological polar surface area (TPSA) is 65.0 Å². The monoisotopic (exact) mass is 372 g/mol. The highest BCUT2D eigenvalue weighted by Crippen LogP contribution is 2.64. The summed E-state index contributed by atoms with van der Waals surface area (Å²) in [6.07, 6.45) is 0. The molecule has 144 valence electrons. The second-order valence-electron chi connectivity index (χ2n) is 8.10. The van der Waals surface area contributed by atoms with Crippen molar-refractivity contribution in [2.45, 2.75) is 61.0 Å². The summed E-state index contributed by atoms with van der Waals surface area (Å²) in [5.41, 5.74) is -1.05. The lowest BCUT2D eigenvalue weighted by atomic mass is 9.59.